The van der Waals surface area contributed by atoms with Crippen LogP contribution in [0.1, 0.15) is 13.3 Å². The summed E-state index contributed by atoms with van der Waals surface area (Å²) in [5.74, 6) is 0. The van der Waals surface area contributed by atoms with E-state index in [0.717, 1.165) is 6.42 Å². The Labute approximate surface area is 123 Å². The number of nitrogens with zero attached hydrogens (tertiary/aromatic N) is 1. The average Bonchev–Trinajstić information content (AvgIpc) is 2.37. The predicted octanol–water partition coefficient (Wildman–Crippen LogP) is 2.79. The van der Waals surface area contributed by atoms with Crippen LogP contribution in [0.15, 0.2) is 23.1 Å². The van der Waals surface area contributed by atoms with E-state index in [1.165, 1.54) is 22.5 Å². The van der Waals surface area contributed by atoms with Gasteiger partial charge in [0.15, 0.2) is 0 Å². The second-order valence-electron chi connectivity index (χ2n) is 4.37. The van der Waals surface area contributed by atoms with Gasteiger partial charge in [0.25, 0.3) is 0 Å². The molecule has 0 N–H and O–H groups in total. The quantitative estimate of drug-likeness (QED) is 0.859. The van der Waals surface area contributed by atoms with E-state index < -0.39 is 10.0 Å². The van der Waals surface area contributed by atoms with Gasteiger partial charge in [0.2, 0.25) is 10.0 Å². The number of hydrogen-bond donors (Lipinski definition) is 0. The maximum atomic E-state index is 12.5. The largest absolute Gasteiger partial charge is 0.375 e. The number of sulfonamides is 1. The summed E-state index contributed by atoms with van der Waals surface area (Å²) in [7, 11) is -3.57. The lowest BCUT2D eigenvalue weighted by molar-refractivity contribution is -0.00277. The highest BCUT2D eigenvalue weighted by molar-refractivity contribution is 7.89. The Hall–Kier alpha value is -0.330. The summed E-state index contributed by atoms with van der Waals surface area (Å²) in [5.41, 5.74) is 0. The van der Waals surface area contributed by atoms with Gasteiger partial charge in [0.05, 0.1) is 17.6 Å². The van der Waals surface area contributed by atoms with Crippen molar-refractivity contribution in [2.75, 3.05) is 19.7 Å². The molecule has 19 heavy (non-hydrogen) atoms. The molecule has 0 spiro atoms. The van der Waals surface area contributed by atoms with Gasteiger partial charge in [0.1, 0.15) is 0 Å². The summed E-state index contributed by atoms with van der Waals surface area (Å²) in [6.45, 7) is 3.09. The average molecular weight is 324 g/mol. The maximum absolute atomic E-state index is 12.5. The van der Waals surface area contributed by atoms with Crippen molar-refractivity contribution >= 4 is 33.2 Å². The van der Waals surface area contributed by atoms with Crippen molar-refractivity contribution < 1.29 is 13.2 Å². The second kappa shape index (κ2) is 5.97. The van der Waals surface area contributed by atoms with Gasteiger partial charge in [-0.25, -0.2) is 8.42 Å². The molecular formula is C12H15Cl2NO3S. The molecule has 0 unspecified atom stereocenters. The van der Waals surface area contributed by atoms with Crippen LogP contribution in [0.5, 0.6) is 0 Å². The van der Waals surface area contributed by atoms with Crippen LogP contribution in [0, 0.1) is 0 Å². The molecule has 1 fully saturated rings. The first kappa shape index (κ1) is 15.1. The van der Waals surface area contributed by atoms with E-state index in [2.05, 4.69) is 0 Å². The zero-order chi connectivity index (χ0) is 14.0. The third-order valence-corrected chi connectivity index (χ3v) is 5.31. The molecule has 1 aliphatic heterocycles. The van der Waals surface area contributed by atoms with Crippen LogP contribution < -0.4 is 0 Å². The summed E-state index contributed by atoms with van der Waals surface area (Å²) >= 11 is 11.7. The number of ether oxygens (including phenoxy) is 1. The number of benzene rings is 1. The fraction of sp³-hybridized carbons (Fsp3) is 0.500. The van der Waals surface area contributed by atoms with Crippen LogP contribution in [-0.4, -0.2) is 38.5 Å². The van der Waals surface area contributed by atoms with Crippen molar-refractivity contribution in [3.63, 3.8) is 0 Å². The van der Waals surface area contributed by atoms with E-state index in [0.29, 0.717) is 29.7 Å². The van der Waals surface area contributed by atoms with E-state index in [-0.39, 0.29) is 11.0 Å². The lowest BCUT2D eigenvalue weighted by Gasteiger charge is -2.31. The van der Waals surface area contributed by atoms with E-state index in [1.54, 1.807) is 0 Å². The molecule has 106 valence electrons. The zero-order valence-corrected chi connectivity index (χ0v) is 12.8. The Morgan fingerprint density at radius 2 is 1.95 bits per heavy atom. The monoisotopic (exact) mass is 323 g/mol. The second-order valence-corrected chi connectivity index (χ2v) is 7.18. The molecule has 2 rings (SSSR count). The molecule has 1 saturated heterocycles. The highest BCUT2D eigenvalue weighted by Gasteiger charge is 2.30. The minimum atomic E-state index is -3.57. The van der Waals surface area contributed by atoms with E-state index >= 15 is 0 Å². The van der Waals surface area contributed by atoms with Crippen molar-refractivity contribution in [3.8, 4) is 0 Å². The first-order chi connectivity index (χ1) is 8.93. The van der Waals surface area contributed by atoms with Gasteiger partial charge in [-0.3, -0.25) is 0 Å². The van der Waals surface area contributed by atoms with Gasteiger partial charge in [-0.05, 0) is 24.6 Å². The van der Waals surface area contributed by atoms with Crippen molar-refractivity contribution in [1.29, 1.82) is 0 Å². The minimum absolute atomic E-state index is 0.0572. The highest BCUT2D eigenvalue weighted by Crippen LogP contribution is 2.26. The topological polar surface area (TPSA) is 46.6 Å². The molecule has 1 heterocycles. The van der Waals surface area contributed by atoms with Crippen LogP contribution in [0.3, 0.4) is 0 Å². The summed E-state index contributed by atoms with van der Waals surface area (Å²) in [5, 5.41) is 0.623. The fourth-order valence-electron chi connectivity index (χ4n) is 1.98. The van der Waals surface area contributed by atoms with Gasteiger partial charge in [-0.15, -0.1) is 0 Å². The number of halogens is 2. The number of morpholine rings is 1. The van der Waals surface area contributed by atoms with Gasteiger partial charge in [0, 0.05) is 23.1 Å². The Kier molecular flexibility index (Phi) is 4.74. The van der Waals surface area contributed by atoms with Crippen LogP contribution in [0.2, 0.25) is 10.0 Å². The Bertz CT molecular complexity index is 542. The SMILES string of the molecule is CC[C@H]1CN(S(=O)(=O)c2cc(Cl)cc(Cl)c2)CCO1. The Balaban J connectivity index is 2.31. The van der Waals surface area contributed by atoms with Crippen molar-refractivity contribution in [1.82, 2.24) is 4.31 Å². The molecule has 1 aromatic carbocycles. The zero-order valence-electron chi connectivity index (χ0n) is 10.5. The van der Waals surface area contributed by atoms with Crippen molar-refractivity contribution in [2.45, 2.75) is 24.3 Å². The van der Waals surface area contributed by atoms with Gasteiger partial charge >= 0.3 is 0 Å². The standard InChI is InChI=1S/C12H15Cl2NO3S/c1-2-11-8-15(3-4-18-11)19(16,17)12-6-9(13)5-10(14)7-12/h5-7,11H,2-4,8H2,1H3/t11-/m0/s1. The molecule has 0 saturated carbocycles. The molecule has 1 atom stereocenters. The lowest BCUT2D eigenvalue weighted by atomic mass is 10.2. The summed E-state index contributed by atoms with van der Waals surface area (Å²) in [6, 6.07) is 4.34. The number of hydrogen-bond acceptors (Lipinski definition) is 3. The van der Waals surface area contributed by atoms with Crippen LogP contribution in [0.4, 0.5) is 0 Å². The number of rotatable bonds is 3. The molecule has 7 heteroatoms. The van der Waals surface area contributed by atoms with Gasteiger partial charge < -0.3 is 4.74 Å². The van der Waals surface area contributed by atoms with Gasteiger partial charge in [-0.2, -0.15) is 4.31 Å². The summed E-state index contributed by atoms with van der Waals surface area (Å²) in [4.78, 5) is 0.127. The predicted molar refractivity (Wildman–Crippen MR) is 75.3 cm³/mol. The van der Waals surface area contributed by atoms with Crippen molar-refractivity contribution in [2.24, 2.45) is 0 Å². The third-order valence-electron chi connectivity index (χ3n) is 3.03. The molecule has 0 aliphatic carbocycles. The molecule has 4 nitrogen and oxygen atoms in total. The third kappa shape index (κ3) is 3.41. The van der Waals surface area contributed by atoms with Crippen LogP contribution >= 0.6 is 23.2 Å². The summed E-state index contributed by atoms with van der Waals surface area (Å²) in [6.07, 6.45) is 0.723. The Morgan fingerprint density at radius 3 is 2.53 bits per heavy atom. The van der Waals surface area contributed by atoms with Crippen LogP contribution in [0.25, 0.3) is 0 Å². The molecule has 0 bridgehead atoms. The van der Waals surface area contributed by atoms with E-state index in [4.69, 9.17) is 27.9 Å². The molecule has 1 aliphatic rings. The molecular weight excluding hydrogens is 309 g/mol. The maximum Gasteiger partial charge on any atom is 0.243 e. The first-order valence-corrected chi connectivity index (χ1v) is 8.21. The smallest absolute Gasteiger partial charge is 0.243 e. The van der Waals surface area contributed by atoms with Crippen molar-refractivity contribution in [3.05, 3.63) is 28.2 Å². The first-order valence-electron chi connectivity index (χ1n) is 6.01. The minimum Gasteiger partial charge on any atom is -0.375 e. The molecule has 0 aromatic heterocycles. The Morgan fingerprint density at radius 1 is 1.32 bits per heavy atom. The lowest BCUT2D eigenvalue weighted by Crippen LogP contribution is -2.45. The van der Waals surface area contributed by atoms with Crippen LogP contribution in [-0.2, 0) is 14.8 Å². The summed E-state index contributed by atoms with van der Waals surface area (Å²) < 4.78 is 31.9. The van der Waals surface area contributed by atoms with E-state index in [9.17, 15) is 8.42 Å². The normalized spacial score (nSPS) is 21.5. The highest BCUT2D eigenvalue weighted by atomic mass is 35.5. The molecule has 0 radical (unpaired) electrons. The molecule has 0 amide bonds. The molecule has 1 aromatic rings. The van der Waals surface area contributed by atoms with E-state index in [1.807, 2.05) is 6.92 Å². The van der Waals surface area contributed by atoms with Gasteiger partial charge in [-0.1, -0.05) is 30.1 Å². The fourth-order valence-corrected chi connectivity index (χ4v) is 4.17.